The van der Waals surface area contributed by atoms with Crippen molar-refractivity contribution < 1.29 is 9.59 Å². The highest BCUT2D eigenvalue weighted by Crippen LogP contribution is 2.32. The average molecular weight is 444 g/mol. The Morgan fingerprint density at radius 3 is 2.10 bits per heavy atom. The number of benzene rings is 2. The van der Waals surface area contributed by atoms with Gasteiger partial charge in [0.2, 0.25) is 11.6 Å². The van der Waals surface area contributed by atoms with Gasteiger partial charge < -0.3 is 10.2 Å². The molecule has 0 bridgehead atoms. The molecule has 2 aliphatic rings. The highest BCUT2D eigenvalue weighted by Gasteiger charge is 2.36. The highest BCUT2D eigenvalue weighted by atomic mass is 35.5. The lowest BCUT2D eigenvalue weighted by Gasteiger charge is -2.40. The minimum atomic E-state index is -0.197. The van der Waals surface area contributed by atoms with E-state index in [-0.39, 0.29) is 17.3 Å². The minimum Gasteiger partial charge on any atom is -0.364 e. The van der Waals surface area contributed by atoms with Crippen molar-refractivity contribution in [1.82, 2.24) is 9.80 Å². The molecule has 0 saturated carbocycles. The SMILES string of the molecule is CC(C)N1CCN(C2=C(Nc3ccc(Cl)c(Cl)c3)C(=O)c3ccccc3C2=O)CC1. The molecule has 1 saturated heterocycles. The average Bonchev–Trinajstić information content (AvgIpc) is 2.75. The highest BCUT2D eigenvalue weighted by molar-refractivity contribution is 6.42. The maximum Gasteiger partial charge on any atom is 0.212 e. The lowest BCUT2D eigenvalue weighted by molar-refractivity contribution is 0.0882. The van der Waals surface area contributed by atoms with Gasteiger partial charge in [-0.15, -0.1) is 0 Å². The van der Waals surface area contributed by atoms with Crippen LogP contribution in [0.5, 0.6) is 0 Å². The Kier molecular flexibility index (Phi) is 5.87. The number of Topliss-reactive ketones (excluding diaryl/α,β-unsaturated/α-hetero) is 2. The van der Waals surface area contributed by atoms with Gasteiger partial charge in [-0.1, -0.05) is 47.5 Å². The summed E-state index contributed by atoms with van der Waals surface area (Å²) in [7, 11) is 0. The maximum atomic E-state index is 13.4. The molecule has 0 amide bonds. The summed E-state index contributed by atoms with van der Waals surface area (Å²) >= 11 is 12.2. The molecule has 30 heavy (non-hydrogen) atoms. The molecule has 0 radical (unpaired) electrons. The molecule has 0 spiro atoms. The van der Waals surface area contributed by atoms with E-state index in [1.807, 2.05) is 4.90 Å². The van der Waals surface area contributed by atoms with E-state index in [0.29, 0.717) is 51.7 Å². The fraction of sp³-hybridized carbons (Fsp3) is 0.304. The van der Waals surface area contributed by atoms with Gasteiger partial charge in [-0.05, 0) is 32.0 Å². The molecule has 1 N–H and O–H groups in total. The maximum absolute atomic E-state index is 13.4. The molecule has 1 aliphatic carbocycles. The van der Waals surface area contributed by atoms with E-state index >= 15 is 0 Å². The van der Waals surface area contributed by atoms with E-state index in [4.69, 9.17) is 23.2 Å². The summed E-state index contributed by atoms with van der Waals surface area (Å²) in [5, 5.41) is 3.97. The van der Waals surface area contributed by atoms with Crippen LogP contribution in [0.1, 0.15) is 34.6 Å². The van der Waals surface area contributed by atoms with Crippen molar-refractivity contribution in [2.45, 2.75) is 19.9 Å². The third-order valence-corrected chi connectivity index (χ3v) is 6.38. The molecule has 7 heteroatoms. The fourth-order valence-electron chi connectivity index (χ4n) is 3.96. The number of hydrogen-bond donors (Lipinski definition) is 1. The smallest absolute Gasteiger partial charge is 0.212 e. The fourth-order valence-corrected chi connectivity index (χ4v) is 4.26. The van der Waals surface area contributed by atoms with Crippen LogP contribution in [0.25, 0.3) is 0 Å². The number of fused-ring (bicyclic) bond motifs is 1. The molecule has 1 fully saturated rings. The van der Waals surface area contributed by atoms with E-state index < -0.39 is 0 Å². The first-order valence-electron chi connectivity index (χ1n) is 10.0. The van der Waals surface area contributed by atoms with Crippen LogP contribution in [0.15, 0.2) is 53.9 Å². The van der Waals surface area contributed by atoms with Crippen molar-refractivity contribution in [1.29, 1.82) is 0 Å². The number of hydrogen-bond acceptors (Lipinski definition) is 5. The number of carbonyl (C=O) groups excluding carboxylic acids is 2. The summed E-state index contributed by atoms with van der Waals surface area (Å²) in [5.74, 6) is -0.330. The van der Waals surface area contributed by atoms with Crippen molar-refractivity contribution in [3.05, 3.63) is 75.0 Å². The summed E-state index contributed by atoms with van der Waals surface area (Å²) in [6.07, 6.45) is 0. The summed E-state index contributed by atoms with van der Waals surface area (Å²) < 4.78 is 0. The topological polar surface area (TPSA) is 52.6 Å². The summed E-state index contributed by atoms with van der Waals surface area (Å²) in [4.78, 5) is 31.2. The second-order valence-electron chi connectivity index (χ2n) is 7.80. The number of rotatable bonds is 4. The Labute approximate surface area is 186 Å². The van der Waals surface area contributed by atoms with Crippen LogP contribution in [-0.2, 0) is 0 Å². The van der Waals surface area contributed by atoms with Gasteiger partial charge in [0.15, 0.2) is 0 Å². The van der Waals surface area contributed by atoms with Gasteiger partial charge >= 0.3 is 0 Å². The minimum absolute atomic E-state index is 0.134. The quantitative estimate of drug-likeness (QED) is 0.740. The van der Waals surface area contributed by atoms with Gasteiger partial charge in [0.05, 0.1) is 10.0 Å². The van der Waals surface area contributed by atoms with E-state index in [9.17, 15) is 9.59 Å². The van der Waals surface area contributed by atoms with Crippen molar-refractivity contribution in [3.8, 4) is 0 Å². The molecular formula is C23H23Cl2N3O2. The Hall–Kier alpha value is -2.34. The van der Waals surface area contributed by atoms with Gasteiger partial charge in [-0.25, -0.2) is 0 Å². The predicted molar refractivity (Wildman–Crippen MR) is 120 cm³/mol. The molecule has 2 aromatic carbocycles. The molecule has 0 unspecified atom stereocenters. The first-order chi connectivity index (χ1) is 14.4. The molecule has 0 atom stereocenters. The Bertz CT molecular complexity index is 1040. The van der Waals surface area contributed by atoms with Crippen LogP contribution >= 0.6 is 23.2 Å². The number of nitrogens with one attached hydrogen (secondary N) is 1. The Balaban J connectivity index is 1.75. The van der Waals surface area contributed by atoms with Crippen LogP contribution < -0.4 is 5.32 Å². The lowest BCUT2D eigenvalue weighted by atomic mass is 9.89. The van der Waals surface area contributed by atoms with Crippen LogP contribution in [0, 0.1) is 0 Å². The van der Waals surface area contributed by atoms with E-state index in [0.717, 1.165) is 13.1 Å². The van der Waals surface area contributed by atoms with E-state index in [2.05, 4.69) is 24.1 Å². The largest absolute Gasteiger partial charge is 0.364 e. The molecule has 1 aliphatic heterocycles. The predicted octanol–water partition coefficient (Wildman–Crippen LogP) is 4.72. The van der Waals surface area contributed by atoms with Gasteiger partial charge in [-0.2, -0.15) is 0 Å². The number of halogens is 2. The number of nitrogens with zero attached hydrogens (tertiary/aromatic N) is 2. The Morgan fingerprint density at radius 1 is 0.867 bits per heavy atom. The number of anilines is 1. The van der Waals surface area contributed by atoms with Crippen molar-refractivity contribution in [2.24, 2.45) is 0 Å². The van der Waals surface area contributed by atoms with Crippen LogP contribution in [0.4, 0.5) is 5.69 Å². The first kappa shape index (κ1) is 20.9. The normalized spacial score (nSPS) is 17.6. The van der Waals surface area contributed by atoms with Crippen molar-refractivity contribution in [2.75, 3.05) is 31.5 Å². The molecule has 0 aromatic heterocycles. The first-order valence-corrected chi connectivity index (χ1v) is 10.8. The summed E-state index contributed by atoms with van der Waals surface area (Å²) in [5.41, 5.74) is 2.18. The third-order valence-electron chi connectivity index (χ3n) is 5.64. The second-order valence-corrected chi connectivity index (χ2v) is 8.61. The third kappa shape index (κ3) is 3.85. The van der Waals surface area contributed by atoms with E-state index in [1.165, 1.54) is 0 Å². The van der Waals surface area contributed by atoms with Crippen molar-refractivity contribution in [3.63, 3.8) is 0 Å². The molecule has 1 heterocycles. The molecule has 156 valence electrons. The summed E-state index contributed by atoms with van der Waals surface area (Å²) in [6.45, 7) is 7.37. The Morgan fingerprint density at radius 2 is 1.50 bits per heavy atom. The van der Waals surface area contributed by atoms with Crippen LogP contribution in [0.2, 0.25) is 10.0 Å². The van der Waals surface area contributed by atoms with Gasteiger partial charge in [0, 0.05) is 49.0 Å². The van der Waals surface area contributed by atoms with Crippen LogP contribution in [0.3, 0.4) is 0 Å². The molecular weight excluding hydrogens is 421 g/mol. The number of ketones is 2. The molecule has 5 nitrogen and oxygen atoms in total. The second kappa shape index (κ2) is 8.42. The molecule has 4 rings (SSSR count). The van der Waals surface area contributed by atoms with E-state index in [1.54, 1.807) is 42.5 Å². The molecule has 2 aromatic rings. The zero-order valence-corrected chi connectivity index (χ0v) is 18.4. The van der Waals surface area contributed by atoms with Gasteiger partial charge in [0.1, 0.15) is 11.4 Å². The zero-order chi connectivity index (χ0) is 21.4. The number of allylic oxidation sites excluding steroid dienone is 2. The lowest BCUT2D eigenvalue weighted by Crippen LogP contribution is -2.50. The number of piperazine rings is 1. The zero-order valence-electron chi connectivity index (χ0n) is 16.9. The van der Waals surface area contributed by atoms with Crippen LogP contribution in [-0.4, -0.2) is 53.6 Å². The monoisotopic (exact) mass is 443 g/mol. The standard InChI is InChI=1S/C23H23Cl2N3O2/c1-14(2)27-9-11-28(12-10-27)21-20(26-15-7-8-18(24)19(25)13-15)22(29)16-5-3-4-6-17(16)23(21)30/h3-8,13-14,26H,9-12H2,1-2H3. The van der Waals surface area contributed by atoms with Gasteiger partial charge in [-0.3, -0.25) is 14.5 Å². The van der Waals surface area contributed by atoms with Crippen molar-refractivity contribution >= 4 is 40.5 Å². The van der Waals surface area contributed by atoms with Gasteiger partial charge in [0.25, 0.3) is 0 Å². The number of carbonyl (C=O) groups is 2. The summed E-state index contributed by atoms with van der Waals surface area (Å²) in [6, 6.07) is 12.5.